The number of nitrogen functional groups attached to an aromatic ring is 1. The number of benzene rings is 2. The van der Waals surface area contributed by atoms with Crippen molar-refractivity contribution in [3.05, 3.63) is 54.1 Å². The number of nitrogens with zero attached hydrogens (tertiary/aromatic N) is 1. The lowest BCUT2D eigenvalue weighted by Gasteiger charge is -2.28. The largest absolute Gasteiger partial charge is 0.449 e. The van der Waals surface area contributed by atoms with Gasteiger partial charge in [-0.3, -0.25) is 4.79 Å². The van der Waals surface area contributed by atoms with E-state index < -0.39 is 18.0 Å². The van der Waals surface area contributed by atoms with Crippen LogP contribution in [0.5, 0.6) is 0 Å². The zero-order chi connectivity index (χ0) is 19.2. The van der Waals surface area contributed by atoms with Crippen molar-refractivity contribution in [2.24, 2.45) is 0 Å². The zero-order valence-electron chi connectivity index (χ0n) is 15.2. The van der Waals surface area contributed by atoms with Crippen LogP contribution in [0.3, 0.4) is 0 Å². The topological polar surface area (TPSA) is 93.9 Å². The molecule has 1 atom stereocenters. The van der Waals surface area contributed by atoms with E-state index in [2.05, 4.69) is 10.2 Å². The van der Waals surface area contributed by atoms with Gasteiger partial charge in [0.05, 0.1) is 18.8 Å². The summed E-state index contributed by atoms with van der Waals surface area (Å²) in [4.78, 5) is 26.6. The molecule has 1 heterocycles. The van der Waals surface area contributed by atoms with E-state index >= 15 is 0 Å². The van der Waals surface area contributed by atoms with Crippen LogP contribution in [-0.4, -0.2) is 44.3 Å². The highest BCUT2D eigenvalue weighted by molar-refractivity contribution is 5.97. The van der Waals surface area contributed by atoms with Crippen molar-refractivity contribution in [2.45, 2.75) is 13.0 Å². The molecule has 1 saturated heterocycles. The summed E-state index contributed by atoms with van der Waals surface area (Å²) in [5.41, 5.74) is 8.22. The fourth-order valence-electron chi connectivity index (χ4n) is 2.72. The third-order valence-electron chi connectivity index (χ3n) is 4.31. The number of hydrogen-bond acceptors (Lipinski definition) is 6. The fraction of sp³-hybridized carbons (Fsp3) is 0.300. The van der Waals surface area contributed by atoms with Crippen molar-refractivity contribution >= 4 is 28.9 Å². The minimum absolute atomic E-state index is 0.346. The van der Waals surface area contributed by atoms with Gasteiger partial charge in [-0.05, 0) is 55.5 Å². The van der Waals surface area contributed by atoms with Crippen molar-refractivity contribution < 1.29 is 19.1 Å². The molecule has 0 bridgehead atoms. The Labute approximate surface area is 158 Å². The average Bonchev–Trinajstić information content (AvgIpc) is 2.69. The highest BCUT2D eigenvalue weighted by Crippen LogP contribution is 2.19. The Balaban J connectivity index is 1.54. The number of rotatable bonds is 5. The Kier molecular flexibility index (Phi) is 5.93. The molecule has 7 nitrogen and oxygen atoms in total. The summed E-state index contributed by atoms with van der Waals surface area (Å²) in [6, 6.07) is 13.9. The van der Waals surface area contributed by atoms with Crippen molar-refractivity contribution in [1.82, 2.24) is 0 Å². The van der Waals surface area contributed by atoms with Gasteiger partial charge in [0.15, 0.2) is 6.10 Å². The molecule has 1 fully saturated rings. The third kappa shape index (κ3) is 4.98. The number of nitrogens with one attached hydrogen (secondary N) is 1. The molecule has 2 aromatic rings. The molecule has 142 valence electrons. The molecule has 3 N–H and O–H groups in total. The zero-order valence-corrected chi connectivity index (χ0v) is 15.2. The van der Waals surface area contributed by atoms with Crippen LogP contribution in [0.1, 0.15) is 17.3 Å². The van der Waals surface area contributed by atoms with E-state index in [4.69, 9.17) is 15.2 Å². The molecule has 2 aromatic carbocycles. The molecule has 27 heavy (non-hydrogen) atoms. The van der Waals surface area contributed by atoms with E-state index in [1.807, 2.05) is 24.3 Å². The number of carbonyl (C=O) groups is 2. The van der Waals surface area contributed by atoms with E-state index in [1.54, 1.807) is 24.3 Å². The van der Waals surface area contributed by atoms with Crippen molar-refractivity contribution in [3.63, 3.8) is 0 Å². The number of nitrogens with two attached hydrogens (primary N) is 1. The summed E-state index contributed by atoms with van der Waals surface area (Å²) in [5, 5.41) is 2.76. The predicted octanol–water partition coefficient (Wildman–Crippen LogP) is 2.29. The Morgan fingerprint density at radius 2 is 1.70 bits per heavy atom. The maximum absolute atomic E-state index is 12.3. The lowest BCUT2D eigenvalue weighted by molar-refractivity contribution is -0.123. The van der Waals surface area contributed by atoms with Crippen LogP contribution in [0.25, 0.3) is 0 Å². The summed E-state index contributed by atoms with van der Waals surface area (Å²) in [5.74, 6) is -0.960. The van der Waals surface area contributed by atoms with Crippen LogP contribution in [0.4, 0.5) is 17.1 Å². The molecule has 0 aliphatic carbocycles. The highest BCUT2D eigenvalue weighted by atomic mass is 16.5. The van der Waals surface area contributed by atoms with Crippen LogP contribution in [0, 0.1) is 0 Å². The normalized spacial score (nSPS) is 15.1. The van der Waals surface area contributed by atoms with Gasteiger partial charge in [-0.25, -0.2) is 4.79 Å². The molecule has 1 aliphatic rings. The van der Waals surface area contributed by atoms with Gasteiger partial charge in [0.2, 0.25) is 0 Å². The third-order valence-corrected chi connectivity index (χ3v) is 4.31. The van der Waals surface area contributed by atoms with Gasteiger partial charge < -0.3 is 25.4 Å². The van der Waals surface area contributed by atoms with Crippen molar-refractivity contribution in [1.29, 1.82) is 0 Å². The predicted molar refractivity (Wildman–Crippen MR) is 104 cm³/mol. The lowest BCUT2D eigenvalue weighted by Crippen LogP contribution is -2.36. The maximum Gasteiger partial charge on any atom is 0.338 e. The first-order valence-electron chi connectivity index (χ1n) is 8.83. The Bertz CT molecular complexity index is 784. The van der Waals surface area contributed by atoms with E-state index in [1.165, 1.54) is 6.92 Å². The lowest BCUT2D eigenvalue weighted by atomic mass is 10.2. The average molecular weight is 369 g/mol. The standard InChI is InChI=1S/C20H23N3O4/c1-14(27-20(25)15-2-4-16(21)5-3-15)19(24)22-17-6-8-18(9-7-17)23-10-12-26-13-11-23/h2-9,14H,10-13,21H2,1H3,(H,22,24)/t14-/m1/s1. The molecule has 0 unspecified atom stereocenters. The Morgan fingerprint density at radius 3 is 2.33 bits per heavy atom. The molecule has 0 saturated carbocycles. The smallest absolute Gasteiger partial charge is 0.338 e. The minimum Gasteiger partial charge on any atom is -0.449 e. The summed E-state index contributed by atoms with van der Waals surface area (Å²) >= 11 is 0. The summed E-state index contributed by atoms with van der Waals surface area (Å²) in [6.45, 7) is 4.67. The minimum atomic E-state index is -0.922. The number of morpholine rings is 1. The Morgan fingerprint density at radius 1 is 1.07 bits per heavy atom. The second-order valence-corrected chi connectivity index (χ2v) is 6.31. The molecular formula is C20H23N3O4. The number of amides is 1. The molecule has 1 aliphatic heterocycles. The summed E-state index contributed by atoms with van der Waals surface area (Å²) < 4.78 is 10.6. The second-order valence-electron chi connectivity index (χ2n) is 6.31. The van der Waals surface area contributed by atoms with Crippen LogP contribution in [0.15, 0.2) is 48.5 Å². The molecule has 7 heteroatoms. The number of carbonyl (C=O) groups excluding carboxylic acids is 2. The van der Waals surface area contributed by atoms with Gasteiger partial charge in [-0.1, -0.05) is 0 Å². The van der Waals surface area contributed by atoms with E-state index in [-0.39, 0.29) is 0 Å². The maximum atomic E-state index is 12.3. The van der Waals surface area contributed by atoms with Gasteiger partial charge in [0, 0.05) is 30.2 Å². The number of anilines is 3. The second kappa shape index (κ2) is 8.55. The fourth-order valence-corrected chi connectivity index (χ4v) is 2.72. The monoisotopic (exact) mass is 369 g/mol. The number of esters is 1. The van der Waals surface area contributed by atoms with Gasteiger partial charge >= 0.3 is 5.97 Å². The molecular weight excluding hydrogens is 346 g/mol. The molecule has 0 radical (unpaired) electrons. The first-order valence-corrected chi connectivity index (χ1v) is 8.83. The van der Waals surface area contributed by atoms with Gasteiger partial charge in [0.1, 0.15) is 0 Å². The van der Waals surface area contributed by atoms with Gasteiger partial charge in [-0.15, -0.1) is 0 Å². The molecule has 0 spiro atoms. The number of hydrogen-bond donors (Lipinski definition) is 2. The first kappa shape index (κ1) is 18.7. The van der Waals surface area contributed by atoms with Gasteiger partial charge in [-0.2, -0.15) is 0 Å². The van der Waals surface area contributed by atoms with Crippen LogP contribution < -0.4 is 16.0 Å². The Hall–Kier alpha value is -3.06. The molecule has 0 aromatic heterocycles. The van der Waals surface area contributed by atoms with E-state index in [0.29, 0.717) is 16.9 Å². The SMILES string of the molecule is C[C@@H](OC(=O)c1ccc(N)cc1)C(=O)Nc1ccc(N2CCOCC2)cc1. The summed E-state index contributed by atoms with van der Waals surface area (Å²) in [6.07, 6.45) is -0.922. The van der Waals surface area contributed by atoms with E-state index in [0.717, 1.165) is 32.0 Å². The highest BCUT2D eigenvalue weighted by Gasteiger charge is 2.19. The molecule has 3 rings (SSSR count). The van der Waals surface area contributed by atoms with Gasteiger partial charge in [0.25, 0.3) is 5.91 Å². The van der Waals surface area contributed by atoms with Crippen LogP contribution in [0.2, 0.25) is 0 Å². The number of ether oxygens (including phenoxy) is 2. The quantitative estimate of drug-likeness (QED) is 0.620. The summed E-state index contributed by atoms with van der Waals surface area (Å²) in [7, 11) is 0. The first-order chi connectivity index (χ1) is 13.0. The van der Waals surface area contributed by atoms with Crippen molar-refractivity contribution in [2.75, 3.05) is 42.3 Å². The van der Waals surface area contributed by atoms with Crippen molar-refractivity contribution in [3.8, 4) is 0 Å². The molecule has 1 amide bonds. The van der Waals surface area contributed by atoms with Crippen LogP contribution in [-0.2, 0) is 14.3 Å². The van der Waals surface area contributed by atoms with E-state index in [9.17, 15) is 9.59 Å². The van der Waals surface area contributed by atoms with Crippen LogP contribution >= 0.6 is 0 Å².